The van der Waals surface area contributed by atoms with Crippen LogP contribution in [0.25, 0.3) is 6.08 Å². The minimum absolute atomic E-state index is 0.107. The normalized spacial score (nSPS) is 15.9. The second-order valence-electron chi connectivity index (χ2n) is 6.68. The van der Waals surface area contributed by atoms with Crippen LogP contribution in [0.5, 0.6) is 11.5 Å². The molecule has 0 aliphatic carbocycles. The van der Waals surface area contributed by atoms with Crippen LogP contribution >= 0.6 is 0 Å². The molecule has 3 N–H and O–H groups in total. The minimum Gasteiger partial charge on any atom is -0.493 e. The summed E-state index contributed by atoms with van der Waals surface area (Å²) in [6.45, 7) is 1.72. The number of hydrogen-bond donors (Lipinski definition) is 3. The Labute approximate surface area is 170 Å². The highest BCUT2D eigenvalue weighted by Crippen LogP contribution is 2.28. The van der Waals surface area contributed by atoms with E-state index in [9.17, 15) is 9.59 Å². The van der Waals surface area contributed by atoms with Crippen LogP contribution in [0.3, 0.4) is 0 Å². The van der Waals surface area contributed by atoms with Crippen molar-refractivity contribution in [3.63, 3.8) is 0 Å². The molecule has 2 amide bonds. The fourth-order valence-electron chi connectivity index (χ4n) is 3.06. The maximum atomic E-state index is 12.2. The molecule has 1 fully saturated rings. The van der Waals surface area contributed by atoms with Gasteiger partial charge in [0.15, 0.2) is 11.5 Å². The maximum absolute atomic E-state index is 12.2. The van der Waals surface area contributed by atoms with Gasteiger partial charge in [-0.3, -0.25) is 9.59 Å². The van der Waals surface area contributed by atoms with Gasteiger partial charge in [0.05, 0.1) is 14.2 Å². The Hall–Kier alpha value is -3.32. The molecule has 0 spiro atoms. The monoisotopic (exact) mass is 395 g/mol. The molecule has 7 nitrogen and oxygen atoms in total. The van der Waals surface area contributed by atoms with Crippen LogP contribution in [0.4, 0.5) is 5.69 Å². The first-order chi connectivity index (χ1) is 14.1. The summed E-state index contributed by atoms with van der Waals surface area (Å²) in [5.74, 6) is 0.846. The van der Waals surface area contributed by atoms with Crippen molar-refractivity contribution in [1.29, 1.82) is 0 Å². The van der Waals surface area contributed by atoms with Crippen LogP contribution < -0.4 is 25.4 Å². The van der Waals surface area contributed by atoms with Crippen molar-refractivity contribution in [3.8, 4) is 11.5 Å². The fraction of sp³-hybridized carbons (Fsp3) is 0.273. The van der Waals surface area contributed by atoms with Crippen LogP contribution in [-0.2, 0) is 4.79 Å². The van der Waals surface area contributed by atoms with Crippen LogP contribution in [-0.4, -0.2) is 45.2 Å². The number of ether oxygens (including phenoxy) is 2. The number of carbonyl (C=O) groups is 2. The van der Waals surface area contributed by atoms with E-state index in [1.165, 1.54) is 6.08 Å². The molecule has 1 heterocycles. The molecule has 152 valence electrons. The molecule has 1 atom stereocenters. The highest BCUT2D eigenvalue weighted by Gasteiger charge is 2.17. The topological polar surface area (TPSA) is 88.7 Å². The fourth-order valence-corrected chi connectivity index (χ4v) is 3.06. The van der Waals surface area contributed by atoms with E-state index in [2.05, 4.69) is 16.0 Å². The third-order valence-electron chi connectivity index (χ3n) is 4.64. The highest BCUT2D eigenvalue weighted by molar-refractivity contribution is 6.02. The van der Waals surface area contributed by atoms with E-state index in [0.29, 0.717) is 22.7 Å². The number of anilines is 1. The summed E-state index contributed by atoms with van der Waals surface area (Å²) >= 11 is 0. The molecule has 1 unspecified atom stereocenters. The Morgan fingerprint density at radius 2 is 1.83 bits per heavy atom. The molecule has 3 rings (SSSR count). The second-order valence-corrected chi connectivity index (χ2v) is 6.68. The molecule has 29 heavy (non-hydrogen) atoms. The van der Waals surface area contributed by atoms with Gasteiger partial charge < -0.3 is 25.4 Å². The first-order valence-electron chi connectivity index (χ1n) is 9.42. The molecule has 0 saturated carbocycles. The van der Waals surface area contributed by atoms with E-state index >= 15 is 0 Å². The van der Waals surface area contributed by atoms with Gasteiger partial charge in [0.1, 0.15) is 0 Å². The molecule has 1 saturated heterocycles. The first-order valence-corrected chi connectivity index (χ1v) is 9.42. The van der Waals surface area contributed by atoms with E-state index in [-0.39, 0.29) is 17.9 Å². The number of carbonyl (C=O) groups excluding carboxylic acids is 2. The largest absolute Gasteiger partial charge is 0.493 e. The summed E-state index contributed by atoms with van der Waals surface area (Å²) < 4.78 is 10.5. The van der Waals surface area contributed by atoms with Gasteiger partial charge >= 0.3 is 0 Å². The minimum atomic E-state index is -0.269. The Morgan fingerprint density at radius 1 is 1.07 bits per heavy atom. The lowest BCUT2D eigenvalue weighted by molar-refractivity contribution is -0.111. The van der Waals surface area contributed by atoms with E-state index in [1.807, 2.05) is 6.07 Å². The van der Waals surface area contributed by atoms with Gasteiger partial charge in [-0.25, -0.2) is 0 Å². The zero-order chi connectivity index (χ0) is 20.6. The Kier molecular flexibility index (Phi) is 6.86. The molecule has 1 aliphatic rings. The number of benzene rings is 2. The Balaban J connectivity index is 1.56. The molecule has 2 aromatic carbocycles. The standard InChI is InChI=1S/C22H25N3O4/c1-28-19-9-3-15(13-20(19)29-2)4-10-21(26)24-17-7-5-16(6-8-17)22(27)25-18-11-12-23-14-18/h3-10,13,18,23H,11-12,14H2,1-2H3,(H,24,26)(H,25,27)/b10-4+. The van der Waals surface area contributed by atoms with Crippen molar-refractivity contribution in [2.75, 3.05) is 32.6 Å². The summed E-state index contributed by atoms with van der Waals surface area (Å²) in [6, 6.07) is 12.4. The van der Waals surface area contributed by atoms with Gasteiger partial charge in [0.25, 0.3) is 5.91 Å². The maximum Gasteiger partial charge on any atom is 0.251 e. The van der Waals surface area contributed by atoms with E-state index < -0.39 is 0 Å². The molecular formula is C22H25N3O4. The van der Waals surface area contributed by atoms with Crippen LogP contribution in [0.2, 0.25) is 0 Å². The average molecular weight is 395 g/mol. The summed E-state index contributed by atoms with van der Waals surface area (Å²) in [4.78, 5) is 24.4. The molecule has 0 bridgehead atoms. The molecule has 0 radical (unpaired) electrons. The van der Waals surface area contributed by atoms with Crippen molar-refractivity contribution in [1.82, 2.24) is 10.6 Å². The van der Waals surface area contributed by atoms with E-state index in [0.717, 1.165) is 25.1 Å². The number of hydrogen-bond acceptors (Lipinski definition) is 5. The first kappa shape index (κ1) is 20.4. The SMILES string of the molecule is COc1ccc(/C=C/C(=O)Nc2ccc(C(=O)NC3CCNC3)cc2)cc1OC. The van der Waals surface area contributed by atoms with Crippen molar-refractivity contribution in [2.24, 2.45) is 0 Å². The van der Waals surface area contributed by atoms with Gasteiger partial charge in [-0.15, -0.1) is 0 Å². The van der Waals surface area contributed by atoms with Crippen molar-refractivity contribution < 1.29 is 19.1 Å². The summed E-state index contributed by atoms with van der Waals surface area (Å²) in [5, 5.41) is 8.99. The molecule has 1 aliphatic heterocycles. The number of nitrogens with one attached hydrogen (secondary N) is 3. The number of rotatable bonds is 7. The van der Waals surface area contributed by atoms with Crippen molar-refractivity contribution >= 4 is 23.6 Å². The van der Waals surface area contributed by atoms with Crippen LogP contribution in [0.1, 0.15) is 22.3 Å². The lowest BCUT2D eigenvalue weighted by atomic mass is 10.1. The second kappa shape index (κ2) is 9.75. The van der Waals surface area contributed by atoms with Gasteiger partial charge in [-0.05, 0) is 61.0 Å². The summed E-state index contributed by atoms with van der Waals surface area (Å²) in [7, 11) is 3.13. The zero-order valence-electron chi connectivity index (χ0n) is 16.5. The molecular weight excluding hydrogens is 370 g/mol. The molecule has 2 aromatic rings. The average Bonchev–Trinajstić information content (AvgIpc) is 3.25. The van der Waals surface area contributed by atoms with E-state index in [4.69, 9.17) is 9.47 Å². The van der Waals surface area contributed by atoms with Crippen LogP contribution in [0, 0.1) is 0 Å². The van der Waals surface area contributed by atoms with Gasteiger partial charge in [-0.2, -0.15) is 0 Å². The zero-order valence-corrected chi connectivity index (χ0v) is 16.5. The van der Waals surface area contributed by atoms with Crippen LogP contribution in [0.15, 0.2) is 48.5 Å². The highest BCUT2D eigenvalue weighted by atomic mass is 16.5. The van der Waals surface area contributed by atoms with E-state index in [1.54, 1.807) is 56.7 Å². The predicted octanol–water partition coefficient (Wildman–Crippen LogP) is 2.45. The molecule has 0 aromatic heterocycles. The third kappa shape index (κ3) is 5.58. The number of amides is 2. The Bertz CT molecular complexity index is 887. The third-order valence-corrected chi connectivity index (χ3v) is 4.64. The quantitative estimate of drug-likeness (QED) is 0.627. The number of methoxy groups -OCH3 is 2. The lowest BCUT2D eigenvalue weighted by Crippen LogP contribution is -2.36. The van der Waals surface area contributed by atoms with Crippen molar-refractivity contribution in [2.45, 2.75) is 12.5 Å². The summed E-state index contributed by atoms with van der Waals surface area (Å²) in [5.41, 5.74) is 1.99. The van der Waals surface area contributed by atoms with Gasteiger partial charge in [0.2, 0.25) is 5.91 Å². The smallest absolute Gasteiger partial charge is 0.251 e. The van der Waals surface area contributed by atoms with Gasteiger partial charge in [0, 0.05) is 29.9 Å². The van der Waals surface area contributed by atoms with Gasteiger partial charge in [-0.1, -0.05) is 6.07 Å². The lowest BCUT2D eigenvalue weighted by Gasteiger charge is -2.11. The van der Waals surface area contributed by atoms with Crippen molar-refractivity contribution in [3.05, 3.63) is 59.7 Å². The predicted molar refractivity (Wildman–Crippen MR) is 112 cm³/mol. The summed E-state index contributed by atoms with van der Waals surface area (Å²) in [6.07, 6.45) is 4.07. The Morgan fingerprint density at radius 3 is 2.48 bits per heavy atom. The molecule has 7 heteroatoms.